The summed E-state index contributed by atoms with van der Waals surface area (Å²) in [5, 5.41) is 15.3. The number of hydrogen-bond donors (Lipinski definition) is 1. The summed E-state index contributed by atoms with van der Waals surface area (Å²) in [6.07, 6.45) is 3.55. The van der Waals surface area contributed by atoms with Gasteiger partial charge in [-0.15, -0.1) is 0 Å². The Morgan fingerprint density at radius 2 is 1.89 bits per heavy atom. The summed E-state index contributed by atoms with van der Waals surface area (Å²) in [6.45, 7) is 2.48. The highest BCUT2D eigenvalue weighted by Crippen LogP contribution is 2.29. The third kappa shape index (κ3) is 4.45. The second kappa shape index (κ2) is 9.49. The van der Waals surface area contributed by atoms with Crippen LogP contribution in [0.1, 0.15) is 18.3 Å². The van der Waals surface area contributed by atoms with Gasteiger partial charge in [0.05, 0.1) is 28.8 Å². The van der Waals surface area contributed by atoms with Gasteiger partial charge < -0.3 is 9.72 Å². The van der Waals surface area contributed by atoms with Crippen molar-refractivity contribution in [3.63, 3.8) is 0 Å². The molecule has 0 aliphatic heterocycles. The zero-order valence-corrected chi connectivity index (χ0v) is 19.0. The molecule has 0 spiro atoms. The summed E-state index contributed by atoms with van der Waals surface area (Å²) in [5.74, 6) is 0.938. The average molecular weight is 460 g/mol. The van der Waals surface area contributed by atoms with E-state index in [1.54, 1.807) is 29.0 Å². The van der Waals surface area contributed by atoms with Crippen molar-refractivity contribution >= 4 is 22.6 Å². The monoisotopic (exact) mass is 459 g/mol. The number of aromatic amines is 1. The summed E-state index contributed by atoms with van der Waals surface area (Å²) in [7, 11) is 0. The molecule has 0 bridgehead atoms. The third-order valence-electron chi connectivity index (χ3n) is 5.47. The standard InChI is InChI=1S/C28H21N5O2/c1-2-35-23-12-8-9-19(16-23)26-21(18-33(32-26)22-10-4-3-5-11-22)15-20(17-29)27-30-25-14-7-6-13-24(25)28(34)31-27/h3-16,18H,2H2,1H3,(H,30,31,34)/b20-15+. The number of nitrogens with one attached hydrogen (secondary N) is 1. The molecule has 5 aromatic rings. The fourth-order valence-electron chi connectivity index (χ4n) is 3.85. The first kappa shape index (κ1) is 21.9. The Bertz CT molecular complexity index is 1640. The highest BCUT2D eigenvalue weighted by Gasteiger charge is 2.15. The number of benzene rings is 3. The minimum absolute atomic E-state index is 0.206. The van der Waals surface area contributed by atoms with Crippen molar-refractivity contribution in [2.75, 3.05) is 6.61 Å². The first-order valence-electron chi connectivity index (χ1n) is 11.2. The second-order valence-electron chi connectivity index (χ2n) is 7.78. The lowest BCUT2D eigenvalue weighted by Gasteiger charge is -2.06. The van der Waals surface area contributed by atoms with E-state index in [-0.39, 0.29) is 17.0 Å². The predicted molar refractivity (Wildman–Crippen MR) is 136 cm³/mol. The number of H-pyrrole nitrogens is 1. The molecule has 1 N–H and O–H groups in total. The zero-order chi connectivity index (χ0) is 24.2. The lowest BCUT2D eigenvalue weighted by atomic mass is 10.1. The van der Waals surface area contributed by atoms with E-state index in [4.69, 9.17) is 9.84 Å². The number of para-hydroxylation sites is 2. The van der Waals surface area contributed by atoms with Gasteiger partial charge in [-0.1, -0.05) is 42.5 Å². The molecule has 0 amide bonds. The molecule has 0 atom stereocenters. The molecule has 0 aliphatic rings. The van der Waals surface area contributed by atoms with Crippen LogP contribution in [-0.4, -0.2) is 26.4 Å². The van der Waals surface area contributed by atoms with E-state index in [0.29, 0.717) is 28.8 Å². The van der Waals surface area contributed by atoms with E-state index in [0.717, 1.165) is 17.0 Å². The lowest BCUT2D eigenvalue weighted by Crippen LogP contribution is -2.11. The van der Waals surface area contributed by atoms with Crippen molar-refractivity contribution in [3.8, 4) is 28.8 Å². The van der Waals surface area contributed by atoms with Crippen LogP contribution in [0, 0.1) is 11.3 Å². The molecule has 5 rings (SSSR count). The molecular weight excluding hydrogens is 438 g/mol. The van der Waals surface area contributed by atoms with Crippen LogP contribution < -0.4 is 10.3 Å². The average Bonchev–Trinajstić information content (AvgIpc) is 3.32. The number of aromatic nitrogens is 4. The van der Waals surface area contributed by atoms with Crippen LogP contribution in [0.2, 0.25) is 0 Å². The molecule has 0 saturated heterocycles. The maximum atomic E-state index is 12.6. The Labute approximate surface area is 201 Å². The zero-order valence-electron chi connectivity index (χ0n) is 19.0. The van der Waals surface area contributed by atoms with Crippen LogP contribution in [0.5, 0.6) is 5.75 Å². The van der Waals surface area contributed by atoms with Crippen LogP contribution in [0.15, 0.2) is 89.9 Å². The first-order chi connectivity index (χ1) is 17.2. The maximum absolute atomic E-state index is 12.6. The Hall–Kier alpha value is -4.96. The summed E-state index contributed by atoms with van der Waals surface area (Å²) < 4.78 is 7.44. The summed E-state index contributed by atoms with van der Waals surface area (Å²) in [4.78, 5) is 19.8. The van der Waals surface area contributed by atoms with Crippen molar-refractivity contribution in [2.45, 2.75) is 6.92 Å². The number of nitrogens with zero attached hydrogens (tertiary/aromatic N) is 4. The van der Waals surface area contributed by atoms with E-state index in [9.17, 15) is 10.1 Å². The highest BCUT2D eigenvalue weighted by atomic mass is 16.5. The van der Waals surface area contributed by atoms with Gasteiger partial charge >= 0.3 is 0 Å². The SMILES string of the molecule is CCOc1cccc(-c2nn(-c3ccccc3)cc2/C=C(\C#N)c2nc3ccccc3c(=O)[nH]2)c1. The van der Waals surface area contributed by atoms with Gasteiger partial charge in [-0.2, -0.15) is 10.4 Å². The molecule has 7 nitrogen and oxygen atoms in total. The van der Waals surface area contributed by atoms with Gasteiger partial charge in [0, 0.05) is 17.3 Å². The molecule has 7 heteroatoms. The minimum atomic E-state index is -0.295. The van der Waals surface area contributed by atoms with E-state index < -0.39 is 0 Å². The molecule has 0 aliphatic carbocycles. The van der Waals surface area contributed by atoms with E-state index in [1.165, 1.54) is 0 Å². The van der Waals surface area contributed by atoms with Crippen LogP contribution >= 0.6 is 0 Å². The number of rotatable bonds is 6. The van der Waals surface area contributed by atoms with Gasteiger partial charge in [0.1, 0.15) is 17.5 Å². The van der Waals surface area contributed by atoms with Crippen molar-refractivity contribution in [3.05, 3.63) is 107 Å². The smallest absolute Gasteiger partial charge is 0.259 e. The topological polar surface area (TPSA) is 96.6 Å². The Balaban J connectivity index is 1.68. The summed E-state index contributed by atoms with van der Waals surface area (Å²) in [6, 6.07) is 26.6. The number of fused-ring (bicyclic) bond motifs is 1. The Kier molecular flexibility index (Phi) is 5.93. The Morgan fingerprint density at radius 3 is 2.69 bits per heavy atom. The van der Waals surface area contributed by atoms with Gasteiger partial charge in [-0.3, -0.25) is 4.79 Å². The van der Waals surface area contributed by atoms with E-state index in [1.807, 2.05) is 73.8 Å². The Morgan fingerprint density at radius 1 is 1.09 bits per heavy atom. The number of ether oxygens (including phenoxy) is 1. The largest absolute Gasteiger partial charge is 0.494 e. The molecule has 35 heavy (non-hydrogen) atoms. The van der Waals surface area contributed by atoms with Gasteiger partial charge in [0.15, 0.2) is 5.82 Å². The normalized spacial score (nSPS) is 11.4. The third-order valence-corrected chi connectivity index (χ3v) is 5.47. The van der Waals surface area contributed by atoms with Gasteiger partial charge in [0.2, 0.25) is 0 Å². The number of allylic oxidation sites excluding steroid dienone is 1. The minimum Gasteiger partial charge on any atom is -0.494 e. The number of hydrogen-bond acceptors (Lipinski definition) is 5. The molecule has 0 saturated carbocycles. The van der Waals surface area contributed by atoms with Crippen LogP contribution in [0.3, 0.4) is 0 Å². The lowest BCUT2D eigenvalue weighted by molar-refractivity contribution is 0.340. The molecule has 0 radical (unpaired) electrons. The quantitative estimate of drug-likeness (QED) is 0.350. The van der Waals surface area contributed by atoms with Crippen molar-refractivity contribution in [1.29, 1.82) is 5.26 Å². The maximum Gasteiger partial charge on any atom is 0.259 e. The highest BCUT2D eigenvalue weighted by molar-refractivity contribution is 5.91. The molecule has 0 unspecified atom stereocenters. The molecule has 2 heterocycles. The molecule has 0 fully saturated rings. The van der Waals surface area contributed by atoms with Crippen LogP contribution in [-0.2, 0) is 0 Å². The van der Waals surface area contributed by atoms with Gasteiger partial charge in [-0.05, 0) is 49.4 Å². The fourth-order valence-corrected chi connectivity index (χ4v) is 3.85. The number of nitriles is 1. The van der Waals surface area contributed by atoms with Gasteiger partial charge in [-0.25, -0.2) is 9.67 Å². The first-order valence-corrected chi connectivity index (χ1v) is 11.2. The van der Waals surface area contributed by atoms with Crippen LogP contribution in [0.25, 0.3) is 39.5 Å². The van der Waals surface area contributed by atoms with Crippen molar-refractivity contribution in [1.82, 2.24) is 19.7 Å². The molecule has 170 valence electrons. The van der Waals surface area contributed by atoms with E-state index in [2.05, 4.69) is 16.0 Å². The van der Waals surface area contributed by atoms with Crippen LogP contribution in [0.4, 0.5) is 0 Å². The van der Waals surface area contributed by atoms with Crippen molar-refractivity contribution < 1.29 is 4.74 Å². The summed E-state index contributed by atoms with van der Waals surface area (Å²) in [5.41, 5.74) is 3.55. The summed E-state index contributed by atoms with van der Waals surface area (Å²) >= 11 is 0. The van der Waals surface area contributed by atoms with Gasteiger partial charge in [0.25, 0.3) is 5.56 Å². The second-order valence-corrected chi connectivity index (χ2v) is 7.78. The predicted octanol–water partition coefficient (Wildman–Crippen LogP) is 5.24. The van der Waals surface area contributed by atoms with E-state index >= 15 is 0 Å². The molecular formula is C28H21N5O2. The molecule has 3 aromatic carbocycles. The molecule has 2 aromatic heterocycles. The van der Waals surface area contributed by atoms with Crippen molar-refractivity contribution in [2.24, 2.45) is 0 Å². The fraction of sp³-hybridized carbons (Fsp3) is 0.0714.